The van der Waals surface area contributed by atoms with Crippen LogP contribution in [-0.4, -0.2) is 15.7 Å². The molecule has 0 atom stereocenters. The second-order valence-electron chi connectivity index (χ2n) is 4.99. The number of carbonyl (C=O) groups excluding carboxylic acids is 1. The van der Waals surface area contributed by atoms with E-state index >= 15 is 0 Å². The number of aldehydes is 1. The third-order valence-electron chi connectivity index (χ3n) is 3.79. The largest absolute Gasteiger partial charge is 0.298 e. The second-order valence-corrected chi connectivity index (χ2v) is 4.99. The standard InChI is InChI=1S/C17H12N2O/c1-11-5-4-8-15-16(11)13-6-2-3-7-14(13)17-18-12(10-20)9-19(15)17/h2-10H,1H3. The van der Waals surface area contributed by atoms with E-state index in [0.717, 1.165) is 22.8 Å². The Morgan fingerprint density at radius 3 is 2.65 bits per heavy atom. The Bertz CT molecular complexity index is 982. The molecule has 0 N–H and O–H groups in total. The highest BCUT2D eigenvalue weighted by molar-refractivity contribution is 6.13. The van der Waals surface area contributed by atoms with Crippen molar-refractivity contribution < 1.29 is 4.79 Å². The third-order valence-corrected chi connectivity index (χ3v) is 3.79. The van der Waals surface area contributed by atoms with E-state index < -0.39 is 0 Å². The van der Waals surface area contributed by atoms with Crippen molar-refractivity contribution in [3.63, 3.8) is 0 Å². The Morgan fingerprint density at radius 1 is 1.05 bits per heavy atom. The molecule has 0 unspecified atom stereocenters. The molecule has 0 aliphatic rings. The fourth-order valence-corrected chi connectivity index (χ4v) is 2.93. The minimum Gasteiger partial charge on any atom is -0.298 e. The smallest absolute Gasteiger partial charge is 0.170 e. The summed E-state index contributed by atoms with van der Waals surface area (Å²) >= 11 is 0. The van der Waals surface area contributed by atoms with Crippen LogP contribution >= 0.6 is 0 Å². The molecule has 0 saturated carbocycles. The van der Waals surface area contributed by atoms with Crippen LogP contribution in [-0.2, 0) is 0 Å². The van der Waals surface area contributed by atoms with Gasteiger partial charge in [0.15, 0.2) is 6.29 Å². The molecule has 2 aromatic heterocycles. The zero-order chi connectivity index (χ0) is 13.7. The number of aryl methyl sites for hydroxylation is 1. The molecule has 2 heterocycles. The van der Waals surface area contributed by atoms with Gasteiger partial charge < -0.3 is 0 Å². The van der Waals surface area contributed by atoms with Crippen molar-refractivity contribution in [2.45, 2.75) is 6.92 Å². The van der Waals surface area contributed by atoms with Crippen molar-refractivity contribution in [1.82, 2.24) is 9.38 Å². The number of aromatic nitrogens is 2. The van der Waals surface area contributed by atoms with E-state index in [2.05, 4.69) is 36.2 Å². The first-order chi connectivity index (χ1) is 9.79. The summed E-state index contributed by atoms with van der Waals surface area (Å²) in [7, 11) is 0. The lowest BCUT2D eigenvalue weighted by Crippen LogP contribution is -1.91. The van der Waals surface area contributed by atoms with Crippen LogP contribution in [0, 0.1) is 6.92 Å². The normalized spacial score (nSPS) is 11.4. The maximum absolute atomic E-state index is 11.0. The Labute approximate surface area is 115 Å². The SMILES string of the molecule is Cc1cccc2c1c1ccccc1c1nc(C=O)cn21. The van der Waals surface area contributed by atoms with Crippen molar-refractivity contribution in [1.29, 1.82) is 0 Å². The summed E-state index contributed by atoms with van der Waals surface area (Å²) in [5.74, 6) is 0. The lowest BCUT2D eigenvalue weighted by atomic mass is 10.0. The lowest BCUT2D eigenvalue weighted by Gasteiger charge is -2.09. The molecule has 3 nitrogen and oxygen atoms in total. The summed E-state index contributed by atoms with van der Waals surface area (Å²) in [5.41, 5.74) is 3.60. The van der Waals surface area contributed by atoms with Gasteiger partial charge >= 0.3 is 0 Å². The van der Waals surface area contributed by atoms with Gasteiger partial charge in [-0.15, -0.1) is 0 Å². The number of hydrogen-bond donors (Lipinski definition) is 0. The van der Waals surface area contributed by atoms with E-state index in [1.807, 2.05) is 22.6 Å². The molecule has 0 spiro atoms. The molecule has 0 amide bonds. The quantitative estimate of drug-likeness (QED) is 0.386. The number of pyridine rings is 1. The number of nitrogens with zero attached hydrogens (tertiary/aromatic N) is 2. The predicted molar refractivity (Wildman–Crippen MR) is 80.3 cm³/mol. The van der Waals surface area contributed by atoms with Crippen LogP contribution in [0.1, 0.15) is 16.1 Å². The van der Waals surface area contributed by atoms with Crippen LogP contribution in [0.25, 0.3) is 27.3 Å². The zero-order valence-electron chi connectivity index (χ0n) is 11.0. The van der Waals surface area contributed by atoms with Gasteiger partial charge in [-0.25, -0.2) is 4.98 Å². The van der Waals surface area contributed by atoms with Crippen LogP contribution in [0.4, 0.5) is 0 Å². The maximum atomic E-state index is 11.0. The van der Waals surface area contributed by atoms with Crippen molar-refractivity contribution in [3.8, 4) is 0 Å². The van der Waals surface area contributed by atoms with Gasteiger partial charge in [0.05, 0.1) is 5.52 Å². The van der Waals surface area contributed by atoms with E-state index in [4.69, 9.17) is 0 Å². The summed E-state index contributed by atoms with van der Waals surface area (Å²) in [5, 5.41) is 3.46. The van der Waals surface area contributed by atoms with Gasteiger partial charge in [-0.2, -0.15) is 0 Å². The molecule has 0 fully saturated rings. The molecule has 0 saturated heterocycles. The Kier molecular flexibility index (Phi) is 2.18. The van der Waals surface area contributed by atoms with Crippen LogP contribution < -0.4 is 0 Å². The molecule has 0 aliphatic heterocycles. The third kappa shape index (κ3) is 1.35. The summed E-state index contributed by atoms with van der Waals surface area (Å²) in [6.07, 6.45) is 2.60. The molecule has 3 heteroatoms. The number of rotatable bonds is 1. The van der Waals surface area contributed by atoms with Crippen LogP contribution in [0.2, 0.25) is 0 Å². The first-order valence-corrected chi connectivity index (χ1v) is 6.54. The Morgan fingerprint density at radius 2 is 1.85 bits per heavy atom. The number of fused-ring (bicyclic) bond motifs is 6. The van der Waals surface area contributed by atoms with Gasteiger partial charge in [-0.05, 0) is 23.9 Å². The highest BCUT2D eigenvalue weighted by Gasteiger charge is 2.12. The van der Waals surface area contributed by atoms with Gasteiger partial charge in [0, 0.05) is 17.0 Å². The van der Waals surface area contributed by atoms with Crippen LogP contribution in [0.3, 0.4) is 0 Å². The highest BCUT2D eigenvalue weighted by atomic mass is 16.1. The highest BCUT2D eigenvalue weighted by Crippen LogP contribution is 2.31. The molecule has 0 aliphatic carbocycles. The van der Waals surface area contributed by atoms with Gasteiger partial charge in [-0.1, -0.05) is 36.4 Å². The lowest BCUT2D eigenvalue weighted by molar-refractivity contribution is 0.111. The predicted octanol–water partition coefficient (Wildman–Crippen LogP) is 3.76. The minimum atomic E-state index is 0.462. The van der Waals surface area contributed by atoms with E-state index in [-0.39, 0.29) is 0 Å². The number of imidazole rings is 1. The molecule has 0 radical (unpaired) electrons. The van der Waals surface area contributed by atoms with E-state index in [0.29, 0.717) is 5.69 Å². The molecule has 96 valence electrons. The Hall–Kier alpha value is -2.68. The van der Waals surface area contributed by atoms with Crippen molar-refractivity contribution in [2.24, 2.45) is 0 Å². The summed E-state index contributed by atoms with van der Waals surface area (Å²) < 4.78 is 2.01. The van der Waals surface area contributed by atoms with Gasteiger partial charge in [0.25, 0.3) is 0 Å². The van der Waals surface area contributed by atoms with E-state index in [1.165, 1.54) is 16.3 Å². The second kappa shape index (κ2) is 3.90. The average Bonchev–Trinajstić information content (AvgIpc) is 2.92. The van der Waals surface area contributed by atoms with E-state index in [9.17, 15) is 4.79 Å². The van der Waals surface area contributed by atoms with Crippen LogP contribution in [0.5, 0.6) is 0 Å². The van der Waals surface area contributed by atoms with Gasteiger partial charge in [0.2, 0.25) is 0 Å². The molecule has 0 bridgehead atoms. The zero-order valence-corrected chi connectivity index (χ0v) is 11.0. The Balaban J connectivity index is 2.42. The minimum absolute atomic E-state index is 0.462. The topological polar surface area (TPSA) is 34.4 Å². The van der Waals surface area contributed by atoms with Crippen LogP contribution in [0.15, 0.2) is 48.7 Å². The fraction of sp³-hybridized carbons (Fsp3) is 0.0588. The number of carbonyl (C=O) groups is 1. The summed E-state index contributed by atoms with van der Waals surface area (Å²) in [6.45, 7) is 2.11. The first-order valence-electron chi connectivity index (χ1n) is 6.54. The van der Waals surface area contributed by atoms with Crippen molar-refractivity contribution >= 4 is 33.6 Å². The number of hydrogen-bond acceptors (Lipinski definition) is 2. The number of benzene rings is 2. The van der Waals surface area contributed by atoms with E-state index in [1.54, 1.807) is 6.20 Å². The average molecular weight is 260 g/mol. The molecule has 4 aromatic rings. The monoisotopic (exact) mass is 260 g/mol. The summed E-state index contributed by atoms with van der Waals surface area (Å²) in [4.78, 5) is 15.5. The fourth-order valence-electron chi connectivity index (χ4n) is 2.93. The molecular formula is C17H12N2O. The van der Waals surface area contributed by atoms with Gasteiger partial charge in [0.1, 0.15) is 11.3 Å². The summed E-state index contributed by atoms with van der Waals surface area (Å²) in [6, 6.07) is 14.4. The first kappa shape index (κ1) is 11.2. The van der Waals surface area contributed by atoms with Gasteiger partial charge in [-0.3, -0.25) is 9.20 Å². The molecule has 20 heavy (non-hydrogen) atoms. The van der Waals surface area contributed by atoms with Crippen molar-refractivity contribution in [2.75, 3.05) is 0 Å². The molecular weight excluding hydrogens is 248 g/mol. The molecule has 2 aromatic carbocycles. The molecule has 4 rings (SSSR count). The van der Waals surface area contributed by atoms with Crippen molar-refractivity contribution in [3.05, 3.63) is 59.9 Å². The maximum Gasteiger partial charge on any atom is 0.170 e.